The Hall–Kier alpha value is -2.14. The molecule has 0 spiro atoms. The molecule has 20 heavy (non-hydrogen) atoms. The maximum atomic E-state index is 13.0. The molecule has 2 aromatic carbocycles. The topological polar surface area (TPSA) is 53.7 Å². The van der Waals surface area contributed by atoms with Crippen molar-refractivity contribution >= 4 is 17.3 Å². The van der Waals surface area contributed by atoms with Crippen molar-refractivity contribution in [2.75, 3.05) is 20.0 Å². The van der Waals surface area contributed by atoms with E-state index < -0.39 is 5.82 Å². The number of benzene rings is 2. The van der Waals surface area contributed by atoms with Crippen LogP contribution in [0.15, 0.2) is 30.3 Å². The highest BCUT2D eigenvalue weighted by Crippen LogP contribution is 2.39. The van der Waals surface area contributed by atoms with Gasteiger partial charge >= 0.3 is 0 Å². The van der Waals surface area contributed by atoms with Gasteiger partial charge < -0.3 is 19.9 Å². The summed E-state index contributed by atoms with van der Waals surface area (Å²) in [6.45, 7) is 0. The van der Waals surface area contributed by atoms with Gasteiger partial charge in [0.25, 0.3) is 0 Å². The maximum Gasteiger partial charge on any atom is 0.164 e. The van der Waals surface area contributed by atoms with Gasteiger partial charge in [-0.25, -0.2) is 4.39 Å². The van der Waals surface area contributed by atoms with Gasteiger partial charge in [-0.1, -0.05) is 11.6 Å². The number of hydrogen-bond acceptors (Lipinski definition) is 4. The van der Waals surface area contributed by atoms with Crippen LogP contribution in [0, 0.1) is 5.82 Å². The summed E-state index contributed by atoms with van der Waals surface area (Å²) in [6.07, 6.45) is 0. The van der Waals surface area contributed by atoms with Crippen LogP contribution < -0.4 is 19.9 Å². The highest BCUT2D eigenvalue weighted by atomic mass is 35.5. The smallest absolute Gasteiger partial charge is 0.164 e. The quantitative estimate of drug-likeness (QED) is 0.870. The molecule has 0 aliphatic heterocycles. The van der Waals surface area contributed by atoms with Gasteiger partial charge in [0, 0.05) is 12.1 Å². The van der Waals surface area contributed by atoms with Crippen LogP contribution in [0.3, 0.4) is 0 Å². The van der Waals surface area contributed by atoms with Crippen molar-refractivity contribution in [1.29, 1.82) is 0 Å². The van der Waals surface area contributed by atoms with E-state index in [1.807, 2.05) is 0 Å². The van der Waals surface area contributed by atoms with Crippen molar-refractivity contribution in [3.63, 3.8) is 0 Å². The predicted octanol–water partition coefficient (Wildman–Crippen LogP) is 3.87. The van der Waals surface area contributed by atoms with E-state index in [0.717, 1.165) is 6.07 Å². The predicted molar refractivity (Wildman–Crippen MR) is 75.4 cm³/mol. The minimum atomic E-state index is -0.442. The van der Waals surface area contributed by atoms with Gasteiger partial charge in [0.05, 0.1) is 24.9 Å². The lowest BCUT2D eigenvalue weighted by Gasteiger charge is -2.14. The van der Waals surface area contributed by atoms with Gasteiger partial charge in [0.2, 0.25) is 0 Å². The molecule has 0 amide bonds. The Morgan fingerprint density at radius 3 is 2.20 bits per heavy atom. The molecule has 4 nitrogen and oxygen atoms in total. The van der Waals surface area contributed by atoms with E-state index in [0.29, 0.717) is 28.7 Å². The summed E-state index contributed by atoms with van der Waals surface area (Å²) in [5, 5.41) is 0.152. The van der Waals surface area contributed by atoms with E-state index in [1.165, 1.54) is 26.4 Å². The molecule has 0 radical (unpaired) electrons. The summed E-state index contributed by atoms with van der Waals surface area (Å²) >= 11 is 5.90. The van der Waals surface area contributed by atoms with Gasteiger partial charge in [-0.2, -0.15) is 0 Å². The van der Waals surface area contributed by atoms with Crippen LogP contribution in [0.25, 0.3) is 0 Å². The second kappa shape index (κ2) is 5.88. The largest absolute Gasteiger partial charge is 0.493 e. The molecule has 0 saturated heterocycles. The highest BCUT2D eigenvalue weighted by Gasteiger charge is 2.12. The lowest BCUT2D eigenvalue weighted by Crippen LogP contribution is -1.97. The lowest BCUT2D eigenvalue weighted by atomic mass is 10.2. The average molecular weight is 298 g/mol. The van der Waals surface area contributed by atoms with E-state index in [2.05, 4.69) is 0 Å². The molecule has 0 aliphatic carbocycles. The first-order valence-corrected chi connectivity index (χ1v) is 6.07. The van der Waals surface area contributed by atoms with Gasteiger partial charge in [-0.3, -0.25) is 0 Å². The van der Waals surface area contributed by atoms with Crippen molar-refractivity contribution < 1.29 is 18.6 Å². The van der Waals surface area contributed by atoms with Crippen molar-refractivity contribution in [3.8, 4) is 23.0 Å². The number of anilines is 1. The number of halogens is 2. The molecule has 2 aromatic rings. The van der Waals surface area contributed by atoms with Crippen LogP contribution >= 0.6 is 11.6 Å². The van der Waals surface area contributed by atoms with E-state index in [9.17, 15) is 4.39 Å². The summed E-state index contributed by atoms with van der Waals surface area (Å²) in [5.74, 6) is 1.16. The Balaban J connectivity index is 2.38. The number of nitrogen functional groups attached to an aromatic ring is 1. The van der Waals surface area contributed by atoms with Gasteiger partial charge in [0.15, 0.2) is 17.2 Å². The Bertz CT molecular complexity index is 634. The molecule has 0 saturated carbocycles. The Morgan fingerprint density at radius 1 is 0.950 bits per heavy atom. The average Bonchev–Trinajstić information content (AvgIpc) is 2.43. The Kier molecular flexibility index (Phi) is 4.20. The Morgan fingerprint density at radius 2 is 1.60 bits per heavy atom. The minimum absolute atomic E-state index is 0.152. The summed E-state index contributed by atoms with van der Waals surface area (Å²) in [6, 6.07) is 6.99. The molecule has 0 fully saturated rings. The van der Waals surface area contributed by atoms with Crippen LogP contribution in [0.2, 0.25) is 5.02 Å². The van der Waals surface area contributed by atoms with E-state index in [-0.39, 0.29) is 5.02 Å². The molecule has 106 valence electrons. The second-order valence-corrected chi connectivity index (χ2v) is 4.33. The third kappa shape index (κ3) is 2.88. The molecule has 2 rings (SSSR count). The first kappa shape index (κ1) is 14.3. The molecular weight excluding hydrogens is 285 g/mol. The number of methoxy groups -OCH3 is 2. The van der Waals surface area contributed by atoms with Crippen LogP contribution in [-0.4, -0.2) is 14.2 Å². The monoisotopic (exact) mass is 297 g/mol. The maximum absolute atomic E-state index is 13.0. The fraction of sp³-hybridized carbons (Fsp3) is 0.143. The van der Waals surface area contributed by atoms with E-state index in [1.54, 1.807) is 12.1 Å². The van der Waals surface area contributed by atoms with Crippen LogP contribution in [0.4, 0.5) is 10.1 Å². The van der Waals surface area contributed by atoms with Crippen LogP contribution in [0.5, 0.6) is 23.0 Å². The lowest BCUT2D eigenvalue weighted by molar-refractivity contribution is 0.352. The van der Waals surface area contributed by atoms with Crippen molar-refractivity contribution in [2.45, 2.75) is 0 Å². The molecule has 2 N–H and O–H groups in total. The molecule has 0 heterocycles. The molecule has 0 bridgehead atoms. The minimum Gasteiger partial charge on any atom is -0.493 e. The fourth-order valence-electron chi connectivity index (χ4n) is 1.64. The number of hydrogen-bond donors (Lipinski definition) is 1. The number of nitrogens with two attached hydrogens (primary N) is 1. The van der Waals surface area contributed by atoms with Crippen molar-refractivity contribution in [2.24, 2.45) is 0 Å². The molecule has 0 aliphatic rings. The summed E-state index contributed by atoms with van der Waals surface area (Å²) in [7, 11) is 3.01. The Labute approximate surface area is 120 Å². The molecule has 0 unspecified atom stereocenters. The molecular formula is C14H13ClFNO3. The standard InChI is InChI=1S/C14H13ClFNO3/c1-18-13-6-10(17)12(7-14(13)19-2)20-11-4-3-8(16)5-9(11)15/h3-7H,17H2,1-2H3. The number of rotatable bonds is 4. The first-order chi connectivity index (χ1) is 9.55. The van der Waals surface area contributed by atoms with Crippen molar-refractivity contribution in [1.82, 2.24) is 0 Å². The van der Waals surface area contributed by atoms with Crippen molar-refractivity contribution in [3.05, 3.63) is 41.2 Å². The summed E-state index contributed by atoms with van der Waals surface area (Å²) in [5.41, 5.74) is 6.22. The van der Waals surface area contributed by atoms with Gasteiger partial charge in [0.1, 0.15) is 11.6 Å². The SMILES string of the molecule is COc1cc(N)c(Oc2ccc(F)cc2Cl)cc1OC. The molecule has 0 atom stereocenters. The third-order valence-corrected chi connectivity index (χ3v) is 2.93. The second-order valence-electron chi connectivity index (χ2n) is 3.92. The first-order valence-electron chi connectivity index (χ1n) is 5.69. The molecule has 0 aromatic heterocycles. The third-order valence-electron chi connectivity index (χ3n) is 2.63. The van der Waals surface area contributed by atoms with E-state index in [4.69, 9.17) is 31.5 Å². The van der Waals surface area contributed by atoms with Crippen LogP contribution in [0.1, 0.15) is 0 Å². The normalized spacial score (nSPS) is 10.2. The zero-order valence-electron chi connectivity index (χ0n) is 10.9. The summed E-state index contributed by atoms with van der Waals surface area (Å²) in [4.78, 5) is 0. The highest BCUT2D eigenvalue weighted by molar-refractivity contribution is 6.32. The van der Waals surface area contributed by atoms with E-state index >= 15 is 0 Å². The fourth-order valence-corrected chi connectivity index (χ4v) is 1.85. The zero-order chi connectivity index (χ0) is 14.7. The van der Waals surface area contributed by atoms with Crippen LogP contribution in [-0.2, 0) is 0 Å². The van der Waals surface area contributed by atoms with Gasteiger partial charge in [-0.15, -0.1) is 0 Å². The number of ether oxygens (including phenoxy) is 3. The molecule has 6 heteroatoms. The zero-order valence-corrected chi connectivity index (χ0v) is 11.7. The summed E-state index contributed by atoms with van der Waals surface area (Å²) < 4.78 is 28.9. The van der Waals surface area contributed by atoms with Gasteiger partial charge in [-0.05, 0) is 18.2 Å².